The van der Waals surface area contributed by atoms with Crippen molar-refractivity contribution in [3.8, 4) is 11.1 Å². The minimum Gasteiger partial charge on any atom is -0.225 e. The van der Waals surface area contributed by atoms with Crippen LogP contribution < -0.4 is 10.3 Å². The van der Waals surface area contributed by atoms with Gasteiger partial charge >= 0.3 is 0 Å². The lowest BCUT2D eigenvalue weighted by atomic mass is 10.0. The fourth-order valence-corrected chi connectivity index (χ4v) is 5.57. The van der Waals surface area contributed by atoms with Crippen LogP contribution in [0.25, 0.3) is 11.1 Å². The molecule has 0 amide bonds. The monoisotopic (exact) mass is 510 g/mol. The van der Waals surface area contributed by atoms with Crippen LogP contribution in [0.3, 0.4) is 0 Å². The highest BCUT2D eigenvalue weighted by molar-refractivity contribution is 9.10. The lowest BCUT2D eigenvalue weighted by molar-refractivity contribution is 0.594. The van der Waals surface area contributed by atoms with E-state index in [4.69, 9.17) is 10.3 Å². The molecule has 136 valence electrons. The highest BCUT2D eigenvalue weighted by Gasteiger charge is 2.25. The molecule has 0 atom stereocenters. The van der Waals surface area contributed by atoms with Crippen molar-refractivity contribution in [2.45, 2.75) is 29.6 Å². The first-order chi connectivity index (χ1) is 11.5. The molecule has 25 heavy (non-hydrogen) atoms. The molecule has 0 unspecified atom stereocenters. The summed E-state index contributed by atoms with van der Waals surface area (Å²) in [6.07, 6.45) is 1.15. The summed E-state index contributed by atoms with van der Waals surface area (Å²) in [5, 5.41) is 10.8. The molecule has 6 nitrogen and oxygen atoms in total. The SMILES string of the molecule is CCCc1c(Br)ccc(-c2ccc(Br)cc2S(N)(=O)=O)c1S(N)(=O)=O. The predicted octanol–water partition coefficient (Wildman–Crippen LogP) is 3.13. The molecular formula is C15H16Br2N2O4S2. The van der Waals surface area contributed by atoms with Crippen LogP contribution >= 0.6 is 31.9 Å². The maximum atomic E-state index is 12.3. The molecule has 0 bridgehead atoms. The fraction of sp³-hybridized carbons (Fsp3) is 0.200. The molecule has 0 aromatic heterocycles. The first-order valence-electron chi connectivity index (χ1n) is 7.13. The van der Waals surface area contributed by atoms with E-state index in [0.717, 1.165) is 0 Å². The van der Waals surface area contributed by atoms with Gasteiger partial charge in [-0.1, -0.05) is 57.3 Å². The Morgan fingerprint density at radius 1 is 0.920 bits per heavy atom. The van der Waals surface area contributed by atoms with E-state index in [2.05, 4.69) is 31.9 Å². The summed E-state index contributed by atoms with van der Waals surface area (Å²) >= 11 is 6.55. The largest absolute Gasteiger partial charge is 0.238 e. The van der Waals surface area contributed by atoms with E-state index < -0.39 is 20.0 Å². The molecule has 0 spiro atoms. The number of rotatable bonds is 5. The number of halogens is 2. The molecule has 0 saturated carbocycles. The van der Waals surface area contributed by atoms with Crippen molar-refractivity contribution < 1.29 is 16.8 Å². The zero-order chi connectivity index (χ0) is 19.0. The van der Waals surface area contributed by atoms with Gasteiger partial charge < -0.3 is 0 Å². The van der Waals surface area contributed by atoms with E-state index in [1.165, 1.54) is 18.2 Å². The van der Waals surface area contributed by atoms with Crippen molar-refractivity contribution in [1.82, 2.24) is 0 Å². The van der Waals surface area contributed by atoms with Crippen molar-refractivity contribution in [3.63, 3.8) is 0 Å². The van der Waals surface area contributed by atoms with Crippen LogP contribution in [0.15, 0.2) is 49.1 Å². The lowest BCUT2D eigenvalue weighted by Gasteiger charge is -2.17. The van der Waals surface area contributed by atoms with E-state index in [9.17, 15) is 16.8 Å². The van der Waals surface area contributed by atoms with E-state index >= 15 is 0 Å². The Hall–Kier alpha value is -0.780. The van der Waals surface area contributed by atoms with Crippen LogP contribution in [0.4, 0.5) is 0 Å². The molecule has 0 radical (unpaired) electrons. The van der Waals surface area contributed by atoms with Crippen LogP contribution in [0.2, 0.25) is 0 Å². The second-order valence-corrected chi connectivity index (χ2v) is 10.2. The lowest BCUT2D eigenvalue weighted by Crippen LogP contribution is -2.18. The normalized spacial score (nSPS) is 12.4. The summed E-state index contributed by atoms with van der Waals surface area (Å²) in [6.45, 7) is 1.90. The van der Waals surface area contributed by atoms with Crippen LogP contribution in [-0.2, 0) is 26.5 Å². The Morgan fingerprint density at radius 2 is 1.52 bits per heavy atom. The number of hydrogen-bond donors (Lipinski definition) is 2. The highest BCUT2D eigenvalue weighted by Crippen LogP contribution is 2.38. The summed E-state index contributed by atoms with van der Waals surface area (Å²) in [4.78, 5) is -0.285. The highest BCUT2D eigenvalue weighted by atomic mass is 79.9. The molecule has 2 aromatic rings. The predicted molar refractivity (Wildman–Crippen MR) is 104 cm³/mol. The van der Waals surface area contributed by atoms with Crippen molar-refractivity contribution in [2.75, 3.05) is 0 Å². The minimum absolute atomic E-state index is 0.101. The molecule has 10 heteroatoms. The third kappa shape index (κ3) is 4.50. The maximum Gasteiger partial charge on any atom is 0.238 e. The average Bonchev–Trinajstić information content (AvgIpc) is 2.47. The third-order valence-electron chi connectivity index (χ3n) is 3.53. The van der Waals surface area contributed by atoms with E-state index in [0.29, 0.717) is 27.4 Å². The van der Waals surface area contributed by atoms with Gasteiger partial charge in [-0.15, -0.1) is 0 Å². The molecule has 0 aliphatic heterocycles. The van der Waals surface area contributed by atoms with E-state index in [-0.39, 0.29) is 20.9 Å². The van der Waals surface area contributed by atoms with E-state index in [1.807, 2.05) is 6.92 Å². The van der Waals surface area contributed by atoms with E-state index in [1.54, 1.807) is 12.1 Å². The molecular weight excluding hydrogens is 496 g/mol. The number of benzene rings is 2. The third-order valence-corrected chi connectivity index (χ3v) is 6.75. The summed E-state index contributed by atoms with van der Waals surface area (Å²) in [7, 11) is -8.19. The molecule has 4 N–H and O–H groups in total. The summed E-state index contributed by atoms with van der Waals surface area (Å²) < 4.78 is 49.6. The smallest absolute Gasteiger partial charge is 0.225 e. The Kier molecular flexibility index (Phi) is 6.12. The average molecular weight is 512 g/mol. The Balaban J connectivity index is 2.98. The van der Waals surface area contributed by atoms with Gasteiger partial charge in [-0.2, -0.15) is 0 Å². The molecule has 0 fully saturated rings. The van der Waals surface area contributed by atoms with Crippen LogP contribution in [0.5, 0.6) is 0 Å². The van der Waals surface area contributed by atoms with Gasteiger partial charge in [0.2, 0.25) is 20.0 Å². The van der Waals surface area contributed by atoms with Gasteiger partial charge in [0.05, 0.1) is 9.79 Å². The van der Waals surface area contributed by atoms with Crippen LogP contribution in [0.1, 0.15) is 18.9 Å². The minimum atomic E-state index is -4.11. The Morgan fingerprint density at radius 3 is 2.04 bits per heavy atom. The molecule has 2 aromatic carbocycles. The van der Waals surface area contributed by atoms with Gasteiger partial charge in [-0.3, -0.25) is 0 Å². The van der Waals surface area contributed by atoms with Crippen molar-refractivity contribution >= 4 is 51.9 Å². The standard InChI is InChI=1S/C15H16Br2N2O4S2/c1-2-3-12-13(17)7-6-11(15(12)25(19,22)23)10-5-4-9(16)8-14(10)24(18,20)21/h4-8H,2-3H2,1H3,(H2,18,20,21)(H2,19,22,23). The first kappa shape index (κ1) is 20.5. The van der Waals surface area contributed by atoms with Gasteiger partial charge in [0.15, 0.2) is 0 Å². The maximum absolute atomic E-state index is 12.3. The second-order valence-electron chi connectivity index (χ2n) is 5.38. The summed E-state index contributed by atoms with van der Waals surface area (Å²) in [5.74, 6) is 0. The van der Waals surface area contributed by atoms with Gasteiger partial charge in [0, 0.05) is 20.1 Å². The zero-order valence-corrected chi connectivity index (χ0v) is 18.0. The molecule has 0 aliphatic rings. The molecule has 2 rings (SSSR count). The molecule has 0 heterocycles. The summed E-state index contributed by atoms with van der Waals surface area (Å²) in [6, 6.07) is 7.62. The van der Waals surface area contributed by atoms with Crippen LogP contribution in [-0.4, -0.2) is 16.8 Å². The quantitative estimate of drug-likeness (QED) is 0.640. The first-order valence-corrected chi connectivity index (χ1v) is 11.8. The number of sulfonamides is 2. The second kappa shape index (κ2) is 7.45. The number of primary sulfonamides is 2. The number of hydrogen-bond acceptors (Lipinski definition) is 4. The molecule has 0 aliphatic carbocycles. The van der Waals surface area contributed by atoms with Crippen molar-refractivity contribution in [3.05, 3.63) is 44.8 Å². The van der Waals surface area contributed by atoms with Gasteiger partial charge in [0.25, 0.3) is 0 Å². The fourth-order valence-electron chi connectivity index (χ4n) is 2.58. The topological polar surface area (TPSA) is 120 Å². The zero-order valence-electron chi connectivity index (χ0n) is 13.2. The van der Waals surface area contributed by atoms with Crippen LogP contribution in [0, 0.1) is 0 Å². The molecule has 0 saturated heterocycles. The van der Waals surface area contributed by atoms with Gasteiger partial charge in [-0.05, 0) is 30.2 Å². The Bertz CT molecular complexity index is 1040. The number of nitrogens with two attached hydrogens (primary N) is 2. The van der Waals surface area contributed by atoms with Crippen molar-refractivity contribution in [1.29, 1.82) is 0 Å². The summed E-state index contributed by atoms with van der Waals surface area (Å²) in [5.41, 5.74) is 0.885. The van der Waals surface area contributed by atoms with Gasteiger partial charge in [0.1, 0.15) is 0 Å². The van der Waals surface area contributed by atoms with Gasteiger partial charge in [-0.25, -0.2) is 27.1 Å². The van der Waals surface area contributed by atoms with Crippen molar-refractivity contribution in [2.24, 2.45) is 10.3 Å². The Labute approximate surface area is 164 Å².